The predicted octanol–water partition coefficient (Wildman–Crippen LogP) is 3.32. The van der Waals surface area contributed by atoms with Crippen LogP contribution in [0, 0.1) is 0 Å². The van der Waals surface area contributed by atoms with Gasteiger partial charge < -0.3 is 9.47 Å². The average Bonchev–Trinajstić information content (AvgIpc) is 2.46. The van der Waals surface area contributed by atoms with Gasteiger partial charge in [-0.25, -0.2) is 0 Å². The fourth-order valence-electron chi connectivity index (χ4n) is 2.20. The summed E-state index contributed by atoms with van der Waals surface area (Å²) >= 11 is 0. The molecule has 0 heterocycles. The molecule has 2 rings (SSSR count). The summed E-state index contributed by atoms with van der Waals surface area (Å²) in [6.07, 6.45) is 1.36. The summed E-state index contributed by atoms with van der Waals surface area (Å²) in [6.45, 7) is 2.76. The molecule has 0 saturated heterocycles. The normalized spacial score (nSPS) is 10.1. The number of hydrogen-bond donors (Lipinski definition) is 0. The molecule has 0 atom stereocenters. The first-order valence-electron chi connectivity index (χ1n) is 7.09. The van der Waals surface area contributed by atoms with E-state index in [-0.39, 0.29) is 11.9 Å². The molecule has 0 saturated carbocycles. The quantitative estimate of drug-likeness (QED) is 0.627. The molecule has 0 aliphatic carbocycles. The topological polar surface area (TPSA) is 52.6 Å². The average molecular weight is 298 g/mol. The molecule has 0 amide bonds. The van der Waals surface area contributed by atoms with Gasteiger partial charge in [0.05, 0.1) is 0 Å². The van der Waals surface area contributed by atoms with Crippen LogP contribution in [0.25, 0.3) is 0 Å². The van der Waals surface area contributed by atoms with E-state index in [9.17, 15) is 9.59 Å². The van der Waals surface area contributed by atoms with Crippen molar-refractivity contribution < 1.29 is 19.1 Å². The van der Waals surface area contributed by atoms with E-state index in [0.717, 1.165) is 11.1 Å². The molecule has 0 radical (unpaired) electrons. The minimum absolute atomic E-state index is 0.340. The van der Waals surface area contributed by atoms with Crippen LogP contribution in [0.15, 0.2) is 48.5 Å². The smallest absolute Gasteiger partial charge is 0.308 e. The minimum atomic E-state index is -0.340. The lowest BCUT2D eigenvalue weighted by Crippen LogP contribution is -2.06. The van der Waals surface area contributed by atoms with Crippen LogP contribution in [-0.2, 0) is 22.4 Å². The molecule has 4 heteroatoms. The van der Waals surface area contributed by atoms with E-state index in [1.807, 2.05) is 36.4 Å². The van der Waals surface area contributed by atoms with E-state index < -0.39 is 0 Å². The van der Waals surface area contributed by atoms with Gasteiger partial charge in [-0.15, -0.1) is 0 Å². The minimum Gasteiger partial charge on any atom is -0.426 e. The maximum atomic E-state index is 11.1. The van der Waals surface area contributed by atoms with Gasteiger partial charge in [-0.2, -0.15) is 0 Å². The van der Waals surface area contributed by atoms with Gasteiger partial charge in [0.15, 0.2) is 0 Å². The predicted molar refractivity (Wildman–Crippen MR) is 82.9 cm³/mol. The molecule has 2 aromatic carbocycles. The third kappa shape index (κ3) is 4.45. The molecule has 0 aliphatic heterocycles. The molecule has 2 aromatic rings. The van der Waals surface area contributed by atoms with Crippen LogP contribution in [0.3, 0.4) is 0 Å². The molecular formula is C18H18O4. The molecule has 0 aliphatic rings. The summed E-state index contributed by atoms with van der Waals surface area (Å²) in [6, 6.07) is 14.9. The maximum Gasteiger partial charge on any atom is 0.308 e. The van der Waals surface area contributed by atoms with Crippen molar-refractivity contribution in [2.24, 2.45) is 0 Å². The molecule has 0 spiro atoms. The molecule has 114 valence electrons. The number of ether oxygens (including phenoxy) is 2. The van der Waals surface area contributed by atoms with Crippen molar-refractivity contribution in [2.45, 2.75) is 26.7 Å². The van der Waals surface area contributed by atoms with Crippen molar-refractivity contribution in [3.05, 3.63) is 59.7 Å². The number of hydrogen-bond acceptors (Lipinski definition) is 4. The van der Waals surface area contributed by atoms with Crippen molar-refractivity contribution in [1.82, 2.24) is 0 Å². The second-order valence-corrected chi connectivity index (χ2v) is 4.90. The van der Waals surface area contributed by atoms with Crippen LogP contribution in [0.4, 0.5) is 0 Å². The summed E-state index contributed by atoms with van der Waals surface area (Å²) < 4.78 is 10.4. The highest BCUT2D eigenvalue weighted by atomic mass is 16.5. The molecule has 0 N–H and O–H groups in total. The maximum absolute atomic E-state index is 11.1. The van der Waals surface area contributed by atoms with Crippen LogP contribution in [0.2, 0.25) is 0 Å². The summed E-state index contributed by atoms with van der Waals surface area (Å²) in [5.41, 5.74) is 1.88. The van der Waals surface area contributed by atoms with Crippen LogP contribution >= 0.6 is 0 Å². The van der Waals surface area contributed by atoms with Gasteiger partial charge in [0, 0.05) is 13.8 Å². The van der Waals surface area contributed by atoms with Gasteiger partial charge >= 0.3 is 11.9 Å². The Kier molecular flexibility index (Phi) is 5.31. The zero-order valence-corrected chi connectivity index (χ0v) is 12.7. The van der Waals surface area contributed by atoms with Crippen molar-refractivity contribution in [3.8, 4) is 11.5 Å². The summed E-state index contributed by atoms with van der Waals surface area (Å²) in [5, 5.41) is 0. The first kappa shape index (κ1) is 15.8. The Balaban J connectivity index is 2.14. The van der Waals surface area contributed by atoms with E-state index in [0.29, 0.717) is 24.3 Å². The van der Waals surface area contributed by atoms with Crippen LogP contribution in [0.5, 0.6) is 11.5 Å². The number of esters is 2. The lowest BCUT2D eigenvalue weighted by molar-refractivity contribution is -0.132. The van der Waals surface area contributed by atoms with E-state index in [1.54, 1.807) is 12.1 Å². The second-order valence-electron chi connectivity index (χ2n) is 4.90. The van der Waals surface area contributed by atoms with Crippen LogP contribution < -0.4 is 9.47 Å². The van der Waals surface area contributed by atoms with Gasteiger partial charge in [-0.3, -0.25) is 9.59 Å². The lowest BCUT2D eigenvalue weighted by atomic mass is 10.0. The third-order valence-electron chi connectivity index (χ3n) is 3.12. The van der Waals surface area contributed by atoms with Crippen LogP contribution in [-0.4, -0.2) is 11.9 Å². The highest BCUT2D eigenvalue weighted by Crippen LogP contribution is 2.24. The fourth-order valence-corrected chi connectivity index (χ4v) is 2.20. The van der Waals surface area contributed by atoms with E-state index in [4.69, 9.17) is 9.47 Å². The Bertz CT molecular complexity index is 617. The number of carbonyl (C=O) groups is 2. The second kappa shape index (κ2) is 7.41. The largest absolute Gasteiger partial charge is 0.426 e. The van der Waals surface area contributed by atoms with Crippen molar-refractivity contribution >= 4 is 11.9 Å². The lowest BCUT2D eigenvalue weighted by Gasteiger charge is -2.11. The standard InChI is InChI=1S/C18H18O4/c1-13(19)21-17-9-5-3-7-15(17)11-12-16-8-4-6-10-18(16)22-14(2)20/h3-10H,11-12H2,1-2H3. The number of carbonyl (C=O) groups excluding carboxylic acids is 2. The van der Waals surface area contributed by atoms with E-state index >= 15 is 0 Å². The molecule has 0 fully saturated rings. The highest BCUT2D eigenvalue weighted by Gasteiger charge is 2.09. The van der Waals surface area contributed by atoms with E-state index in [1.165, 1.54) is 13.8 Å². The zero-order chi connectivity index (χ0) is 15.9. The highest BCUT2D eigenvalue weighted by molar-refractivity contribution is 5.70. The monoisotopic (exact) mass is 298 g/mol. The number of aryl methyl sites for hydroxylation is 2. The molecule has 0 aromatic heterocycles. The summed E-state index contributed by atoms with van der Waals surface area (Å²) in [7, 11) is 0. The number of benzene rings is 2. The molecular weight excluding hydrogens is 280 g/mol. The molecule has 22 heavy (non-hydrogen) atoms. The van der Waals surface area contributed by atoms with Gasteiger partial charge in [-0.05, 0) is 36.1 Å². The van der Waals surface area contributed by atoms with Gasteiger partial charge in [0.25, 0.3) is 0 Å². The number of para-hydroxylation sites is 2. The third-order valence-corrected chi connectivity index (χ3v) is 3.12. The summed E-state index contributed by atoms with van der Waals surface area (Å²) in [4.78, 5) is 22.3. The van der Waals surface area contributed by atoms with Crippen molar-refractivity contribution in [2.75, 3.05) is 0 Å². The molecule has 0 bridgehead atoms. The molecule has 0 unspecified atom stereocenters. The Labute approximate surface area is 129 Å². The Hall–Kier alpha value is -2.62. The van der Waals surface area contributed by atoms with E-state index in [2.05, 4.69) is 0 Å². The summed E-state index contributed by atoms with van der Waals surface area (Å²) in [5.74, 6) is 0.459. The Morgan fingerprint density at radius 1 is 0.727 bits per heavy atom. The van der Waals surface area contributed by atoms with Gasteiger partial charge in [-0.1, -0.05) is 36.4 Å². The fraction of sp³-hybridized carbons (Fsp3) is 0.222. The Morgan fingerprint density at radius 3 is 1.45 bits per heavy atom. The van der Waals surface area contributed by atoms with Gasteiger partial charge in [0.2, 0.25) is 0 Å². The first-order chi connectivity index (χ1) is 10.6. The zero-order valence-electron chi connectivity index (χ0n) is 12.7. The number of rotatable bonds is 5. The SMILES string of the molecule is CC(=O)Oc1ccccc1CCc1ccccc1OC(C)=O. The molecule has 4 nitrogen and oxygen atoms in total. The van der Waals surface area contributed by atoms with Crippen molar-refractivity contribution in [3.63, 3.8) is 0 Å². The van der Waals surface area contributed by atoms with Crippen LogP contribution in [0.1, 0.15) is 25.0 Å². The van der Waals surface area contributed by atoms with Crippen molar-refractivity contribution in [1.29, 1.82) is 0 Å². The first-order valence-corrected chi connectivity index (χ1v) is 7.09. The van der Waals surface area contributed by atoms with Gasteiger partial charge in [0.1, 0.15) is 11.5 Å². The Morgan fingerprint density at radius 2 is 1.09 bits per heavy atom.